The van der Waals surface area contributed by atoms with Gasteiger partial charge in [-0.2, -0.15) is 0 Å². The van der Waals surface area contributed by atoms with Gasteiger partial charge in [0.1, 0.15) is 11.9 Å². The Morgan fingerprint density at radius 2 is 1.81 bits per heavy atom. The first-order valence-corrected chi connectivity index (χ1v) is 11.8. The van der Waals surface area contributed by atoms with Crippen LogP contribution in [0.15, 0.2) is 54.6 Å². The molecular formula is C26H30N4O2. The number of nitrogens with one attached hydrogen (secondary N) is 2. The minimum atomic E-state index is -0.373. The molecule has 3 atom stereocenters. The van der Waals surface area contributed by atoms with Crippen molar-refractivity contribution in [3.05, 3.63) is 66.0 Å². The minimum absolute atomic E-state index is 0.0116. The summed E-state index contributed by atoms with van der Waals surface area (Å²) in [4.78, 5) is 36.3. The van der Waals surface area contributed by atoms with Crippen molar-refractivity contribution in [3.8, 4) is 0 Å². The van der Waals surface area contributed by atoms with Gasteiger partial charge in [-0.15, -0.1) is 0 Å². The van der Waals surface area contributed by atoms with E-state index >= 15 is 0 Å². The fourth-order valence-corrected chi connectivity index (χ4v) is 5.43. The van der Waals surface area contributed by atoms with Crippen LogP contribution in [0, 0.1) is 5.92 Å². The van der Waals surface area contributed by atoms with Crippen LogP contribution in [-0.4, -0.2) is 45.3 Å². The maximum Gasteiger partial charge on any atom is 0.254 e. The monoisotopic (exact) mass is 430 g/mol. The van der Waals surface area contributed by atoms with Gasteiger partial charge in [-0.25, -0.2) is 4.98 Å². The molecule has 2 amide bonds. The zero-order valence-corrected chi connectivity index (χ0v) is 18.3. The molecule has 166 valence electrons. The summed E-state index contributed by atoms with van der Waals surface area (Å²) < 4.78 is 0. The average molecular weight is 431 g/mol. The van der Waals surface area contributed by atoms with Gasteiger partial charge in [0.05, 0.1) is 11.0 Å². The Hall–Kier alpha value is -3.15. The van der Waals surface area contributed by atoms with E-state index < -0.39 is 0 Å². The number of hydrogen-bond acceptors (Lipinski definition) is 3. The highest BCUT2D eigenvalue weighted by atomic mass is 16.2. The van der Waals surface area contributed by atoms with Crippen molar-refractivity contribution in [2.24, 2.45) is 5.92 Å². The Labute approximate surface area is 188 Å². The Kier molecular flexibility index (Phi) is 5.93. The number of aryl methyl sites for hydroxylation is 1. The van der Waals surface area contributed by atoms with Gasteiger partial charge in [0.25, 0.3) is 5.91 Å². The van der Waals surface area contributed by atoms with E-state index in [0.717, 1.165) is 55.4 Å². The topological polar surface area (TPSA) is 78.1 Å². The third kappa shape index (κ3) is 4.14. The molecule has 1 aliphatic heterocycles. The van der Waals surface area contributed by atoms with Crippen LogP contribution in [0.1, 0.15) is 54.7 Å². The van der Waals surface area contributed by atoms with Gasteiger partial charge in [0.2, 0.25) is 5.91 Å². The number of carbonyl (C=O) groups excluding carboxylic acids is 2. The number of aromatic nitrogens is 2. The van der Waals surface area contributed by atoms with E-state index in [1.165, 1.54) is 6.42 Å². The van der Waals surface area contributed by atoms with E-state index in [2.05, 4.69) is 15.3 Å². The summed E-state index contributed by atoms with van der Waals surface area (Å²) in [6.07, 6.45) is 6.79. The van der Waals surface area contributed by atoms with Gasteiger partial charge in [-0.1, -0.05) is 43.2 Å². The van der Waals surface area contributed by atoms with Crippen molar-refractivity contribution in [2.75, 3.05) is 6.54 Å². The molecule has 32 heavy (non-hydrogen) atoms. The predicted molar refractivity (Wildman–Crippen MR) is 124 cm³/mol. The lowest BCUT2D eigenvalue weighted by Gasteiger charge is -2.33. The standard InChI is InChI=1S/C26H30N4O2/c31-25(27-16-8-15-24-28-20-12-5-6-13-21(20)29-24)23-17-19-11-4-7-14-22(19)30(23)26(32)18-9-2-1-3-10-18/h1-3,5-6,9-10,12-13,19,22-23H,4,7-8,11,14-17H2,(H,27,31)(H,28,29). The first-order chi connectivity index (χ1) is 15.7. The second-order valence-electron chi connectivity index (χ2n) is 9.04. The van der Waals surface area contributed by atoms with E-state index in [1.807, 2.05) is 59.5 Å². The molecule has 2 fully saturated rings. The predicted octanol–water partition coefficient (Wildman–Crippen LogP) is 4.09. The number of para-hydroxylation sites is 2. The fraction of sp³-hybridized carbons (Fsp3) is 0.423. The molecule has 5 rings (SSSR count). The van der Waals surface area contributed by atoms with Crippen LogP contribution >= 0.6 is 0 Å². The molecule has 0 spiro atoms. The summed E-state index contributed by atoms with van der Waals surface area (Å²) in [5.41, 5.74) is 2.67. The highest BCUT2D eigenvalue weighted by Gasteiger charge is 2.47. The average Bonchev–Trinajstić information content (AvgIpc) is 3.43. The zero-order valence-electron chi connectivity index (χ0n) is 18.3. The van der Waals surface area contributed by atoms with E-state index in [4.69, 9.17) is 0 Å². The van der Waals surface area contributed by atoms with Crippen molar-refractivity contribution in [2.45, 2.75) is 57.0 Å². The molecule has 3 aromatic rings. The van der Waals surface area contributed by atoms with Crippen molar-refractivity contribution in [3.63, 3.8) is 0 Å². The summed E-state index contributed by atoms with van der Waals surface area (Å²) in [7, 11) is 0. The van der Waals surface area contributed by atoms with Crippen molar-refractivity contribution in [1.82, 2.24) is 20.2 Å². The number of amides is 2. The third-order valence-corrected chi connectivity index (χ3v) is 6.97. The third-order valence-electron chi connectivity index (χ3n) is 6.97. The summed E-state index contributed by atoms with van der Waals surface area (Å²) in [5.74, 6) is 1.34. The lowest BCUT2D eigenvalue weighted by molar-refractivity contribution is -0.125. The molecule has 2 N–H and O–H groups in total. The number of imidazole rings is 1. The number of fused-ring (bicyclic) bond motifs is 2. The number of nitrogens with zero attached hydrogens (tertiary/aromatic N) is 2. The molecule has 3 unspecified atom stereocenters. The second-order valence-corrected chi connectivity index (χ2v) is 9.04. The SMILES string of the molecule is O=C(NCCCc1nc2ccccc2[nH]1)C1CC2CCCCC2N1C(=O)c1ccccc1. The lowest BCUT2D eigenvalue weighted by atomic mass is 9.84. The quantitative estimate of drug-likeness (QED) is 0.579. The second kappa shape index (κ2) is 9.15. The van der Waals surface area contributed by atoms with Gasteiger partial charge in [-0.3, -0.25) is 9.59 Å². The van der Waals surface area contributed by atoms with E-state index in [-0.39, 0.29) is 23.9 Å². The first kappa shape index (κ1) is 20.7. The Morgan fingerprint density at radius 1 is 1.03 bits per heavy atom. The molecule has 1 aliphatic carbocycles. The number of H-pyrrole nitrogens is 1. The summed E-state index contributed by atoms with van der Waals surface area (Å²) in [5, 5.41) is 3.10. The number of carbonyl (C=O) groups is 2. The molecule has 1 saturated heterocycles. The maximum absolute atomic E-state index is 13.4. The Balaban J connectivity index is 1.22. The highest BCUT2D eigenvalue weighted by Crippen LogP contribution is 2.40. The first-order valence-electron chi connectivity index (χ1n) is 11.8. The lowest BCUT2D eigenvalue weighted by Crippen LogP contribution is -2.49. The van der Waals surface area contributed by atoms with Crippen molar-refractivity contribution < 1.29 is 9.59 Å². The number of benzene rings is 2. The van der Waals surface area contributed by atoms with Crippen LogP contribution in [0.25, 0.3) is 11.0 Å². The summed E-state index contributed by atoms with van der Waals surface area (Å²) in [6.45, 7) is 0.578. The molecule has 1 saturated carbocycles. The number of likely N-dealkylation sites (tertiary alicyclic amines) is 1. The zero-order chi connectivity index (χ0) is 21.9. The number of rotatable bonds is 6. The number of hydrogen-bond donors (Lipinski definition) is 2. The normalized spacial score (nSPS) is 22.6. The molecular weight excluding hydrogens is 400 g/mol. The molecule has 6 nitrogen and oxygen atoms in total. The smallest absolute Gasteiger partial charge is 0.254 e. The van der Waals surface area contributed by atoms with Gasteiger partial charge in [0.15, 0.2) is 0 Å². The van der Waals surface area contributed by atoms with E-state index in [0.29, 0.717) is 18.0 Å². The summed E-state index contributed by atoms with van der Waals surface area (Å²) in [6, 6.07) is 17.2. The number of aromatic amines is 1. The molecule has 2 aliphatic rings. The van der Waals surface area contributed by atoms with Crippen LogP contribution in [0.4, 0.5) is 0 Å². The highest BCUT2D eigenvalue weighted by molar-refractivity contribution is 5.98. The van der Waals surface area contributed by atoms with E-state index in [1.54, 1.807) is 0 Å². The van der Waals surface area contributed by atoms with Crippen LogP contribution in [-0.2, 0) is 11.2 Å². The van der Waals surface area contributed by atoms with Crippen LogP contribution < -0.4 is 5.32 Å². The molecule has 2 heterocycles. The minimum Gasteiger partial charge on any atom is -0.354 e. The molecule has 0 bridgehead atoms. The van der Waals surface area contributed by atoms with Crippen LogP contribution in [0.5, 0.6) is 0 Å². The van der Waals surface area contributed by atoms with Gasteiger partial charge in [0, 0.05) is 24.6 Å². The van der Waals surface area contributed by atoms with Gasteiger partial charge < -0.3 is 15.2 Å². The largest absolute Gasteiger partial charge is 0.354 e. The molecule has 0 radical (unpaired) electrons. The van der Waals surface area contributed by atoms with Gasteiger partial charge in [-0.05, 0) is 55.9 Å². The van der Waals surface area contributed by atoms with E-state index in [9.17, 15) is 9.59 Å². The molecule has 2 aromatic carbocycles. The Morgan fingerprint density at radius 3 is 2.66 bits per heavy atom. The van der Waals surface area contributed by atoms with Crippen molar-refractivity contribution in [1.29, 1.82) is 0 Å². The van der Waals surface area contributed by atoms with Crippen molar-refractivity contribution >= 4 is 22.8 Å². The molecule has 6 heteroatoms. The van der Waals surface area contributed by atoms with Crippen LogP contribution in [0.3, 0.4) is 0 Å². The summed E-state index contributed by atoms with van der Waals surface area (Å²) >= 11 is 0. The Bertz CT molecular complexity index is 1060. The maximum atomic E-state index is 13.4. The van der Waals surface area contributed by atoms with Crippen LogP contribution in [0.2, 0.25) is 0 Å². The molecule has 1 aromatic heterocycles. The fourth-order valence-electron chi connectivity index (χ4n) is 5.43. The van der Waals surface area contributed by atoms with Gasteiger partial charge >= 0.3 is 0 Å².